The predicted molar refractivity (Wildman–Crippen MR) is 67.1 cm³/mol. The molecule has 1 rings (SSSR count). The van der Waals surface area contributed by atoms with Crippen LogP contribution in [0.15, 0.2) is 0 Å². The Balaban J connectivity index is 2.93. The molecule has 0 aromatic heterocycles. The van der Waals surface area contributed by atoms with Crippen molar-refractivity contribution in [3.63, 3.8) is 0 Å². The molecule has 1 saturated heterocycles. The number of hydrogen-bond acceptors (Lipinski definition) is 3. The highest BCUT2D eigenvalue weighted by Crippen LogP contribution is 2.34. The number of ether oxygens (including phenoxy) is 1. The molecule has 0 spiro atoms. The van der Waals surface area contributed by atoms with Gasteiger partial charge in [-0.15, -0.1) is 0 Å². The third-order valence-corrected chi connectivity index (χ3v) is 3.97. The molecule has 0 aromatic carbocycles. The predicted octanol–water partition coefficient (Wildman–Crippen LogP) is 2.13. The molecule has 1 fully saturated rings. The summed E-state index contributed by atoms with van der Waals surface area (Å²) < 4.78 is 5.39. The lowest BCUT2D eigenvalue weighted by Crippen LogP contribution is -2.57. The lowest BCUT2D eigenvalue weighted by atomic mass is 9.85. The highest BCUT2D eigenvalue weighted by Gasteiger charge is 2.46. The summed E-state index contributed by atoms with van der Waals surface area (Å²) in [7, 11) is 1.63. The van der Waals surface area contributed by atoms with Crippen molar-refractivity contribution >= 4 is 5.97 Å². The molecule has 1 N–H and O–H groups in total. The van der Waals surface area contributed by atoms with Gasteiger partial charge in [0.25, 0.3) is 0 Å². The lowest BCUT2D eigenvalue weighted by molar-refractivity contribution is -0.156. The van der Waals surface area contributed by atoms with E-state index in [4.69, 9.17) is 4.74 Å². The monoisotopic (exact) mass is 243 g/mol. The van der Waals surface area contributed by atoms with Gasteiger partial charge in [0.15, 0.2) is 0 Å². The number of hydrogen-bond donors (Lipinski definition) is 1. The summed E-state index contributed by atoms with van der Waals surface area (Å²) in [6, 6.07) is 0.337. The number of aliphatic carboxylic acids is 1. The Morgan fingerprint density at radius 1 is 1.47 bits per heavy atom. The minimum absolute atomic E-state index is 0.337. The molecule has 2 atom stereocenters. The van der Waals surface area contributed by atoms with E-state index in [0.29, 0.717) is 12.5 Å². The van der Waals surface area contributed by atoms with Crippen molar-refractivity contribution in [1.29, 1.82) is 0 Å². The first kappa shape index (κ1) is 14.5. The normalized spacial score (nSPS) is 25.8. The second-order valence-corrected chi connectivity index (χ2v) is 5.90. The fourth-order valence-electron chi connectivity index (χ4n) is 2.87. The number of likely N-dealkylation sites (tertiary alicyclic amines) is 1. The lowest BCUT2D eigenvalue weighted by Gasteiger charge is -2.42. The Morgan fingerprint density at radius 2 is 2.06 bits per heavy atom. The average Bonchev–Trinajstić information content (AvgIpc) is 2.64. The summed E-state index contributed by atoms with van der Waals surface area (Å²) in [5.74, 6) is -0.753. The maximum Gasteiger partial charge on any atom is 0.323 e. The molecule has 0 amide bonds. The minimum Gasteiger partial charge on any atom is -0.480 e. The summed E-state index contributed by atoms with van der Waals surface area (Å²) >= 11 is 0. The van der Waals surface area contributed by atoms with E-state index in [1.54, 1.807) is 7.11 Å². The highest BCUT2D eigenvalue weighted by molar-refractivity contribution is 5.78. The molecule has 17 heavy (non-hydrogen) atoms. The minimum atomic E-state index is -0.838. The molecule has 1 aliphatic heterocycles. The SMILES string of the molecule is COC(C)(C)CC(C)(C(=O)O)N1CCCC1C. The van der Waals surface area contributed by atoms with Crippen LogP contribution in [-0.4, -0.2) is 46.8 Å². The van der Waals surface area contributed by atoms with Gasteiger partial charge in [-0.1, -0.05) is 0 Å². The van der Waals surface area contributed by atoms with Crippen molar-refractivity contribution in [2.75, 3.05) is 13.7 Å². The molecule has 0 aliphatic carbocycles. The standard InChI is InChI=1S/C13H25NO3/c1-10-7-6-8-14(10)13(4,11(15)16)9-12(2,3)17-5/h10H,6-9H2,1-5H3,(H,15,16). The van der Waals surface area contributed by atoms with Crippen LogP contribution in [0.2, 0.25) is 0 Å². The molecule has 2 unspecified atom stereocenters. The second-order valence-electron chi connectivity index (χ2n) is 5.90. The Labute approximate surface area is 104 Å². The summed E-state index contributed by atoms with van der Waals surface area (Å²) in [4.78, 5) is 13.8. The van der Waals surface area contributed by atoms with Gasteiger partial charge in [-0.2, -0.15) is 0 Å². The van der Waals surface area contributed by atoms with E-state index in [1.165, 1.54) is 0 Å². The quantitative estimate of drug-likeness (QED) is 0.803. The molecular formula is C13H25NO3. The van der Waals surface area contributed by atoms with Crippen molar-refractivity contribution in [3.05, 3.63) is 0 Å². The second kappa shape index (κ2) is 4.94. The fraction of sp³-hybridized carbons (Fsp3) is 0.923. The third-order valence-electron chi connectivity index (χ3n) is 3.97. The van der Waals surface area contributed by atoms with Gasteiger partial charge in [-0.3, -0.25) is 9.69 Å². The smallest absolute Gasteiger partial charge is 0.323 e. The summed E-state index contributed by atoms with van der Waals surface area (Å²) in [6.07, 6.45) is 2.66. The molecule has 0 bridgehead atoms. The number of carboxylic acids is 1. The van der Waals surface area contributed by atoms with Crippen molar-refractivity contribution in [2.24, 2.45) is 0 Å². The Morgan fingerprint density at radius 3 is 2.41 bits per heavy atom. The van der Waals surface area contributed by atoms with Gasteiger partial charge in [0.05, 0.1) is 5.60 Å². The Kier molecular flexibility index (Phi) is 4.20. The molecular weight excluding hydrogens is 218 g/mol. The van der Waals surface area contributed by atoms with E-state index >= 15 is 0 Å². The molecule has 0 saturated carbocycles. The van der Waals surface area contributed by atoms with Crippen molar-refractivity contribution in [3.8, 4) is 0 Å². The molecule has 4 heteroatoms. The van der Waals surface area contributed by atoms with E-state index in [1.807, 2.05) is 20.8 Å². The number of methoxy groups -OCH3 is 1. The van der Waals surface area contributed by atoms with Crippen molar-refractivity contribution in [2.45, 2.75) is 64.1 Å². The first-order valence-corrected chi connectivity index (χ1v) is 6.28. The van der Waals surface area contributed by atoms with Gasteiger partial charge in [0, 0.05) is 19.6 Å². The van der Waals surface area contributed by atoms with Crippen LogP contribution in [0.1, 0.15) is 47.0 Å². The summed E-state index contributed by atoms with van der Waals surface area (Å²) in [6.45, 7) is 8.67. The van der Waals surface area contributed by atoms with E-state index in [2.05, 4.69) is 11.8 Å². The maximum atomic E-state index is 11.7. The zero-order valence-electron chi connectivity index (χ0n) is 11.6. The Bertz CT molecular complexity index is 290. The molecule has 0 aromatic rings. The molecule has 0 radical (unpaired) electrons. The van der Waals surface area contributed by atoms with Crippen LogP contribution in [0, 0.1) is 0 Å². The first-order valence-electron chi connectivity index (χ1n) is 6.28. The van der Waals surface area contributed by atoms with Gasteiger partial charge >= 0.3 is 5.97 Å². The Hall–Kier alpha value is -0.610. The van der Waals surface area contributed by atoms with Crippen LogP contribution in [0.5, 0.6) is 0 Å². The van der Waals surface area contributed by atoms with Gasteiger partial charge in [-0.25, -0.2) is 0 Å². The van der Waals surface area contributed by atoms with Gasteiger partial charge in [-0.05, 0) is 47.1 Å². The average molecular weight is 243 g/mol. The van der Waals surface area contributed by atoms with Gasteiger partial charge in [0.2, 0.25) is 0 Å². The largest absolute Gasteiger partial charge is 0.480 e. The number of carbonyl (C=O) groups is 1. The van der Waals surface area contributed by atoms with Crippen molar-refractivity contribution in [1.82, 2.24) is 4.90 Å². The van der Waals surface area contributed by atoms with Crippen LogP contribution >= 0.6 is 0 Å². The van der Waals surface area contributed by atoms with Gasteiger partial charge < -0.3 is 9.84 Å². The number of nitrogens with zero attached hydrogens (tertiary/aromatic N) is 1. The third kappa shape index (κ3) is 2.99. The fourth-order valence-corrected chi connectivity index (χ4v) is 2.87. The topological polar surface area (TPSA) is 49.8 Å². The number of carboxylic acid groups (broad SMARTS) is 1. The van der Waals surface area contributed by atoms with E-state index in [9.17, 15) is 9.90 Å². The number of rotatable bonds is 5. The summed E-state index contributed by atoms with van der Waals surface area (Å²) in [5.41, 5.74) is -1.26. The maximum absolute atomic E-state index is 11.7. The highest BCUT2D eigenvalue weighted by atomic mass is 16.5. The van der Waals surface area contributed by atoms with Gasteiger partial charge in [0.1, 0.15) is 5.54 Å². The van der Waals surface area contributed by atoms with Crippen LogP contribution in [0.4, 0.5) is 0 Å². The van der Waals surface area contributed by atoms with E-state index in [0.717, 1.165) is 19.4 Å². The molecule has 1 heterocycles. The zero-order valence-corrected chi connectivity index (χ0v) is 11.6. The van der Waals surface area contributed by atoms with E-state index in [-0.39, 0.29) is 0 Å². The first-order chi connectivity index (χ1) is 7.73. The van der Waals surface area contributed by atoms with Crippen LogP contribution in [0.25, 0.3) is 0 Å². The molecule has 4 nitrogen and oxygen atoms in total. The van der Waals surface area contributed by atoms with Crippen molar-refractivity contribution < 1.29 is 14.6 Å². The van der Waals surface area contributed by atoms with Crippen LogP contribution < -0.4 is 0 Å². The molecule has 100 valence electrons. The van der Waals surface area contributed by atoms with Crippen LogP contribution in [0.3, 0.4) is 0 Å². The zero-order chi connectivity index (χ0) is 13.3. The summed E-state index contributed by atoms with van der Waals surface area (Å²) in [5, 5.41) is 9.57. The van der Waals surface area contributed by atoms with Crippen LogP contribution in [-0.2, 0) is 9.53 Å². The molecule has 1 aliphatic rings. The van der Waals surface area contributed by atoms with E-state index < -0.39 is 17.1 Å².